The Hall–Kier alpha value is -2.28. The van der Waals surface area contributed by atoms with Crippen LogP contribution < -0.4 is 0 Å². The van der Waals surface area contributed by atoms with E-state index in [1.807, 2.05) is 15.8 Å². The van der Waals surface area contributed by atoms with E-state index in [1.165, 1.54) is 5.56 Å². The lowest BCUT2D eigenvalue weighted by Crippen LogP contribution is -2.35. The van der Waals surface area contributed by atoms with Gasteiger partial charge in [-0.15, -0.1) is 0 Å². The van der Waals surface area contributed by atoms with E-state index in [0.717, 1.165) is 45.7 Å². The van der Waals surface area contributed by atoms with Gasteiger partial charge in [0, 0.05) is 57.2 Å². The van der Waals surface area contributed by atoms with Crippen LogP contribution in [0.25, 0.3) is 0 Å². The topological polar surface area (TPSA) is 67.2 Å². The Labute approximate surface area is 142 Å². The van der Waals surface area contributed by atoms with Crippen molar-refractivity contribution in [3.63, 3.8) is 0 Å². The van der Waals surface area contributed by atoms with Gasteiger partial charge in [-0.2, -0.15) is 5.10 Å². The minimum absolute atomic E-state index is 0.00107. The Kier molecular flexibility index (Phi) is 5.20. The summed E-state index contributed by atoms with van der Waals surface area (Å²) in [7, 11) is 0. The Morgan fingerprint density at radius 1 is 1.25 bits per heavy atom. The number of carbonyl (C=O) groups is 1. The maximum Gasteiger partial charge on any atom is 0.272 e. The Morgan fingerprint density at radius 2 is 2.12 bits per heavy atom. The van der Waals surface area contributed by atoms with Crippen LogP contribution in [0.4, 0.5) is 0 Å². The fraction of sp³-hybridized carbons (Fsp3) is 0.529. The molecule has 2 aromatic heterocycles. The molecule has 7 heteroatoms. The molecule has 1 aliphatic heterocycles. The first kappa shape index (κ1) is 16.6. The van der Waals surface area contributed by atoms with Gasteiger partial charge in [0.05, 0.1) is 6.20 Å². The van der Waals surface area contributed by atoms with Gasteiger partial charge in [0.15, 0.2) is 0 Å². The number of hydrogen-bond donors (Lipinski definition) is 0. The molecule has 0 aliphatic carbocycles. The Morgan fingerprint density at radius 3 is 2.88 bits per heavy atom. The lowest BCUT2D eigenvalue weighted by Gasteiger charge is -2.21. The summed E-state index contributed by atoms with van der Waals surface area (Å²) in [6.07, 6.45) is 6.64. The van der Waals surface area contributed by atoms with E-state index < -0.39 is 0 Å². The monoisotopic (exact) mass is 328 g/mol. The van der Waals surface area contributed by atoms with Gasteiger partial charge >= 0.3 is 0 Å². The second kappa shape index (κ2) is 7.53. The average molecular weight is 328 g/mol. The van der Waals surface area contributed by atoms with Gasteiger partial charge in [0.25, 0.3) is 5.91 Å². The number of aromatic nitrogens is 4. The number of aryl methyl sites for hydroxylation is 2. The van der Waals surface area contributed by atoms with E-state index >= 15 is 0 Å². The predicted octanol–water partition coefficient (Wildman–Crippen LogP) is 1.35. The van der Waals surface area contributed by atoms with Gasteiger partial charge in [-0.25, -0.2) is 9.97 Å². The molecule has 0 saturated carbocycles. The maximum atomic E-state index is 12.6. The molecule has 1 fully saturated rings. The first-order valence-corrected chi connectivity index (χ1v) is 8.48. The first-order chi connectivity index (χ1) is 11.7. The molecule has 2 aromatic rings. The molecular weight excluding hydrogens is 304 g/mol. The van der Waals surface area contributed by atoms with Crippen LogP contribution in [0.5, 0.6) is 0 Å². The largest absolute Gasteiger partial charge is 0.336 e. The Bertz CT molecular complexity index is 698. The van der Waals surface area contributed by atoms with Crippen molar-refractivity contribution in [2.24, 2.45) is 0 Å². The smallest absolute Gasteiger partial charge is 0.272 e. The molecule has 0 bridgehead atoms. The summed E-state index contributed by atoms with van der Waals surface area (Å²) in [5.41, 5.74) is 1.71. The summed E-state index contributed by atoms with van der Waals surface area (Å²) < 4.78 is 1.94. The second-order valence-corrected chi connectivity index (χ2v) is 6.12. The molecule has 0 spiro atoms. The first-order valence-electron chi connectivity index (χ1n) is 8.48. The zero-order valence-corrected chi connectivity index (χ0v) is 14.4. The summed E-state index contributed by atoms with van der Waals surface area (Å²) in [6.45, 7) is 9.02. The number of rotatable bonds is 4. The SMILES string of the molecule is CCn1cc(CN2CCCN(C(=O)c3ccnc(C)n3)CC2)cn1. The van der Waals surface area contributed by atoms with Crippen molar-refractivity contribution in [3.8, 4) is 0 Å². The second-order valence-electron chi connectivity index (χ2n) is 6.12. The third-order valence-corrected chi connectivity index (χ3v) is 4.29. The molecule has 128 valence electrons. The zero-order valence-electron chi connectivity index (χ0n) is 14.4. The van der Waals surface area contributed by atoms with Crippen LogP contribution in [-0.4, -0.2) is 61.6 Å². The third kappa shape index (κ3) is 3.97. The summed E-state index contributed by atoms with van der Waals surface area (Å²) in [5.74, 6) is 0.631. The minimum Gasteiger partial charge on any atom is -0.336 e. The van der Waals surface area contributed by atoms with Crippen molar-refractivity contribution >= 4 is 5.91 Å². The van der Waals surface area contributed by atoms with Gasteiger partial charge in [0.1, 0.15) is 11.5 Å². The molecule has 0 unspecified atom stereocenters. The maximum absolute atomic E-state index is 12.6. The van der Waals surface area contributed by atoms with Crippen LogP contribution in [-0.2, 0) is 13.1 Å². The number of amides is 1. The summed E-state index contributed by atoms with van der Waals surface area (Å²) in [4.78, 5) is 25.2. The molecule has 3 rings (SSSR count). The van der Waals surface area contributed by atoms with Crippen LogP contribution in [0, 0.1) is 6.92 Å². The van der Waals surface area contributed by atoms with E-state index in [0.29, 0.717) is 11.5 Å². The van der Waals surface area contributed by atoms with Crippen LogP contribution in [0.3, 0.4) is 0 Å². The van der Waals surface area contributed by atoms with E-state index in [-0.39, 0.29) is 5.91 Å². The van der Waals surface area contributed by atoms with Gasteiger partial charge in [-0.3, -0.25) is 14.4 Å². The van der Waals surface area contributed by atoms with Crippen molar-refractivity contribution in [2.45, 2.75) is 33.4 Å². The molecule has 1 saturated heterocycles. The van der Waals surface area contributed by atoms with Crippen molar-refractivity contribution in [1.82, 2.24) is 29.5 Å². The van der Waals surface area contributed by atoms with Crippen molar-refractivity contribution < 1.29 is 4.79 Å². The quantitative estimate of drug-likeness (QED) is 0.847. The predicted molar refractivity (Wildman–Crippen MR) is 90.5 cm³/mol. The van der Waals surface area contributed by atoms with Crippen LogP contribution >= 0.6 is 0 Å². The number of carbonyl (C=O) groups excluding carboxylic acids is 1. The summed E-state index contributed by atoms with van der Waals surface area (Å²) >= 11 is 0. The van der Waals surface area contributed by atoms with Gasteiger partial charge < -0.3 is 4.90 Å². The molecule has 0 radical (unpaired) electrons. The fourth-order valence-electron chi connectivity index (χ4n) is 2.99. The van der Waals surface area contributed by atoms with Gasteiger partial charge in [0.2, 0.25) is 0 Å². The van der Waals surface area contributed by atoms with Crippen molar-refractivity contribution in [2.75, 3.05) is 26.2 Å². The summed E-state index contributed by atoms with van der Waals surface area (Å²) in [5, 5.41) is 4.33. The lowest BCUT2D eigenvalue weighted by atomic mass is 10.3. The Balaban J connectivity index is 1.59. The van der Waals surface area contributed by atoms with E-state index in [4.69, 9.17) is 0 Å². The highest BCUT2D eigenvalue weighted by Crippen LogP contribution is 2.11. The third-order valence-electron chi connectivity index (χ3n) is 4.29. The van der Waals surface area contributed by atoms with Crippen LogP contribution in [0.1, 0.15) is 35.2 Å². The molecule has 1 amide bonds. The summed E-state index contributed by atoms with van der Waals surface area (Å²) in [6, 6.07) is 1.69. The highest BCUT2D eigenvalue weighted by Gasteiger charge is 2.21. The molecule has 0 aromatic carbocycles. The fourth-order valence-corrected chi connectivity index (χ4v) is 2.99. The zero-order chi connectivity index (χ0) is 16.9. The van der Waals surface area contributed by atoms with Crippen LogP contribution in [0.2, 0.25) is 0 Å². The number of nitrogens with zero attached hydrogens (tertiary/aromatic N) is 6. The van der Waals surface area contributed by atoms with Crippen molar-refractivity contribution in [3.05, 3.63) is 41.7 Å². The molecule has 24 heavy (non-hydrogen) atoms. The highest BCUT2D eigenvalue weighted by molar-refractivity contribution is 5.92. The average Bonchev–Trinajstić information content (AvgIpc) is 2.91. The van der Waals surface area contributed by atoms with Gasteiger partial charge in [-0.1, -0.05) is 0 Å². The van der Waals surface area contributed by atoms with Crippen LogP contribution in [0.15, 0.2) is 24.7 Å². The molecule has 3 heterocycles. The molecule has 7 nitrogen and oxygen atoms in total. The lowest BCUT2D eigenvalue weighted by molar-refractivity contribution is 0.0754. The molecular formula is C17H24N6O. The molecule has 0 N–H and O–H groups in total. The number of hydrogen-bond acceptors (Lipinski definition) is 5. The minimum atomic E-state index is 0.00107. The van der Waals surface area contributed by atoms with E-state index in [1.54, 1.807) is 19.2 Å². The normalized spacial score (nSPS) is 16.2. The highest BCUT2D eigenvalue weighted by atomic mass is 16.2. The van der Waals surface area contributed by atoms with Gasteiger partial charge in [-0.05, 0) is 26.3 Å². The van der Waals surface area contributed by atoms with E-state index in [9.17, 15) is 4.79 Å². The van der Waals surface area contributed by atoms with E-state index in [2.05, 4.69) is 33.1 Å². The van der Waals surface area contributed by atoms with Crippen molar-refractivity contribution in [1.29, 1.82) is 0 Å². The molecule has 1 aliphatic rings. The standard InChI is InChI=1S/C17H24N6O/c1-3-23-13-15(11-19-23)12-21-7-4-8-22(10-9-21)17(24)16-5-6-18-14(2)20-16/h5-6,11,13H,3-4,7-10,12H2,1-2H3. The molecule has 0 atom stereocenters.